The Morgan fingerprint density at radius 3 is 2.50 bits per heavy atom. The fourth-order valence-electron chi connectivity index (χ4n) is 2.19. The van der Waals surface area contributed by atoms with Gasteiger partial charge in [-0.15, -0.1) is 0 Å². The van der Waals surface area contributed by atoms with Gasteiger partial charge in [-0.1, -0.05) is 41.9 Å². The molecule has 0 heterocycles. The van der Waals surface area contributed by atoms with Crippen molar-refractivity contribution in [2.24, 2.45) is 0 Å². The van der Waals surface area contributed by atoms with Gasteiger partial charge in [-0.05, 0) is 25.1 Å². The fourth-order valence-corrected chi connectivity index (χ4v) is 2.48. The van der Waals surface area contributed by atoms with E-state index in [1.165, 1.54) is 7.11 Å². The molecule has 2 aromatic carbocycles. The Kier molecular flexibility index (Phi) is 6.21. The van der Waals surface area contributed by atoms with E-state index in [2.05, 4.69) is 5.32 Å². The van der Waals surface area contributed by atoms with Crippen molar-refractivity contribution in [3.8, 4) is 5.75 Å². The maximum Gasteiger partial charge on any atom is 0.326 e. The zero-order valence-corrected chi connectivity index (χ0v) is 14.2. The van der Waals surface area contributed by atoms with Crippen LogP contribution in [-0.2, 0) is 9.53 Å². The summed E-state index contributed by atoms with van der Waals surface area (Å²) in [5.41, 5.74) is 1.07. The van der Waals surface area contributed by atoms with Crippen LogP contribution in [0.2, 0.25) is 5.02 Å². The minimum absolute atomic E-state index is 0.244. The molecule has 0 aliphatic rings. The molecule has 1 atom stereocenters. The standard InChI is InChI=1S/C18H18ClNO4/c1-12(13-7-3-5-9-15(13)19)24-17(21)11-20-18(22)14-8-4-6-10-16(14)23-2/h3-10,12H,11H2,1-2H3,(H,20,22)/t12-/m1/s1. The zero-order valence-electron chi connectivity index (χ0n) is 13.4. The minimum Gasteiger partial charge on any atom is -0.496 e. The van der Waals surface area contributed by atoms with Gasteiger partial charge in [0.2, 0.25) is 0 Å². The molecule has 0 saturated heterocycles. The van der Waals surface area contributed by atoms with Gasteiger partial charge in [0.25, 0.3) is 5.91 Å². The predicted molar refractivity (Wildman–Crippen MR) is 91.3 cm³/mol. The number of hydrogen-bond acceptors (Lipinski definition) is 4. The maximum absolute atomic E-state index is 12.1. The lowest BCUT2D eigenvalue weighted by molar-refractivity contribution is -0.147. The quantitative estimate of drug-likeness (QED) is 0.813. The number of hydrogen-bond donors (Lipinski definition) is 1. The number of halogens is 1. The number of ether oxygens (including phenoxy) is 2. The predicted octanol–water partition coefficient (Wildman–Crippen LogP) is 3.38. The Labute approximate surface area is 145 Å². The van der Waals surface area contributed by atoms with Crippen LogP contribution in [0, 0.1) is 0 Å². The molecule has 0 aliphatic carbocycles. The number of methoxy groups -OCH3 is 1. The number of carbonyl (C=O) groups is 2. The van der Waals surface area contributed by atoms with Crippen LogP contribution in [0.4, 0.5) is 0 Å². The summed E-state index contributed by atoms with van der Waals surface area (Å²) >= 11 is 6.07. The molecule has 5 nitrogen and oxygen atoms in total. The molecular weight excluding hydrogens is 330 g/mol. The van der Waals surface area contributed by atoms with Crippen LogP contribution >= 0.6 is 11.6 Å². The van der Waals surface area contributed by atoms with Gasteiger partial charge in [-0.3, -0.25) is 9.59 Å². The number of para-hydroxylation sites is 1. The van der Waals surface area contributed by atoms with Crippen LogP contribution in [0.25, 0.3) is 0 Å². The summed E-state index contributed by atoms with van der Waals surface area (Å²) in [5.74, 6) is -0.520. The third-order valence-electron chi connectivity index (χ3n) is 3.40. The molecule has 0 aromatic heterocycles. The monoisotopic (exact) mass is 347 g/mol. The van der Waals surface area contributed by atoms with Gasteiger partial charge >= 0.3 is 5.97 Å². The lowest BCUT2D eigenvalue weighted by Gasteiger charge is -2.15. The number of esters is 1. The number of benzene rings is 2. The summed E-state index contributed by atoms with van der Waals surface area (Å²) in [4.78, 5) is 24.0. The van der Waals surface area contributed by atoms with E-state index < -0.39 is 18.0 Å². The van der Waals surface area contributed by atoms with E-state index in [1.54, 1.807) is 49.4 Å². The smallest absolute Gasteiger partial charge is 0.326 e. The van der Waals surface area contributed by atoms with Crippen molar-refractivity contribution in [1.29, 1.82) is 0 Å². The molecule has 0 aliphatic heterocycles. The summed E-state index contributed by atoms with van der Waals surface area (Å²) < 4.78 is 10.4. The third kappa shape index (κ3) is 4.49. The van der Waals surface area contributed by atoms with Gasteiger partial charge in [0.1, 0.15) is 18.4 Å². The molecule has 0 fully saturated rings. The zero-order chi connectivity index (χ0) is 17.5. The van der Waals surface area contributed by atoms with Crippen molar-refractivity contribution in [3.05, 3.63) is 64.7 Å². The molecule has 0 unspecified atom stereocenters. The number of amides is 1. The summed E-state index contributed by atoms with van der Waals surface area (Å²) in [5, 5.41) is 3.04. The highest BCUT2D eigenvalue weighted by Gasteiger charge is 2.16. The van der Waals surface area contributed by atoms with Gasteiger partial charge in [0.05, 0.1) is 12.7 Å². The molecule has 0 radical (unpaired) electrons. The van der Waals surface area contributed by atoms with Gasteiger partial charge < -0.3 is 14.8 Å². The van der Waals surface area contributed by atoms with E-state index in [-0.39, 0.29) is 6.54 Å². The second-order valence-electron chi connectivity index (χ2n) is 5.04. The number of rotatable bonds is 6. The SMILES string of the molecule is COc1ccccc1C(=O)NCC(=O)O[C@H](C)c1ccccc1Cl. The normalized spacial score (nSPS) is 11.5. The third-order valence-corrected chi connectivity index (χ3v) is 3.74. The first kappa shape index (κ1) is 17.8. The lowest BCUT2D eigenvalue weighted by atomic mass is 10.1. The molecule has 24 heavy (non-hydrogen) atoms. The van der Waals surface area contributed by atoms with E-state index in [4.69, 9.17) is 21.1 Å². The van der Waals surface area contributed by atoms with E-state index in [9.17, 15) is 9.59 Å². The fraction of sp³-hybridized carbons (Fsp3) is 0.222. The average molecular weight is 348 g/mol. The molecule has 126 valence electrons. The van der Waals surface area contributed by atoms with Gasteiger partial charge in [0, 0.05) is 10.6 Å². The molecule has 1 amide bonds. The van der Waals surface area contributed by atoms with Gasteiger partial charge in [-0.25, -0.2) is 0 Å². The molecule has 0 bridgehead atoms. The van der Waals surface area contributed by atoms with Crippen LogP contribution in [0.3, 0.4) is 0 Å². The van der Waals surface area contributed by atoms with Crippen molar-refractivity contribution in [1.82, 2.24) is 5.32 Å². The first-order valence-corrected chi connectivity index (χ1v) is 7.76. The van der Waals surface area contributed by atoms with Crippen LogP contribution in [-0.4, -0.2) is 25.5 Å². The second-order valence-corrected chi connectivity index (χ2v) is 5.44. The van der Waals surface area contributed by atoms with Crippen LogP contribution in [0.5, 0.6) is 5.75 Å². The molecular formula is C18H18ClNO4. The minimum atomic E-state index is -0.550. The summed E-state index contributed by atoms with van der Waals surface area (Å²) in [6.45, 7) is 1.48. The van der Waals surface area contributed by atoms with Crippen molar-refractivity contribution >= 4 is 23.5 Å². The molecule has 0 saturated carbocycles. The Bertz CT molecular complexity index is 732. The Hall–Kier alpha value is -2.53. The Balaban J connectivity index is 1.91. The van der Waals surface area contributed by atoms with E-state index in [1.807, 2.05) is 6.07 Å². The Morgan fingerprint density at radius 1 is 1.12 bits per heavy atom. The topological polar surface area (TPSA) is 64.6 Å². The van der Waals surface area contributed by atoms with E-state index in [0.717, 1.165) is 0 Å². The second kappa shape index (κ2) is 8.36. The number of nitrogens with one attached hydrogen (secondary N) is 1. The highest BCUT2D eigenvalue weighted by Crippen LogP contribution is 2.24. The highest BCUT2D eigenvalue weighted by atomic mass is 35.5. The molecule has 2 aromatic rings. The van der Waals surface area contributed by atoms with Crippen LogP contribution in [0.1, 0.15) is 28.9 Å². The molecule has 1 N–H and O–H groups in total. The summed E-state index contributed by atoms with van der Waals surface area (Å²) in [7, 11) is 1.48. The van der Waals surface area contributed by atoms with Crippen LogP contribution < -0.4 is 10.1 Å². The highest BCUT2D eigenvalue weighted by molar-refractivity contribution is 6.31. The van der Waals surface area contributed by atoms with Crippen LogP contribution in [0.15, 0.2) is 48.5 Å². The molecule has 2 rings (SSSR count). The molecule has 0 spiro atoms. The molecule has 6 heteroatoms. The van der Waals surface area contributed by atoms with Gasteiger partial charge in [0.15, 0.2) is 0 Å². The first-order chi connectivity index (χ1) is 11.5. The lowest BCUT2D eigenvalue weighted by Crippen LogP contribution is -2.31. The summed E-state index contributed by atoms with van der Waals surface area (Å²) in [6, 6.07) is 13.9. The first-order valence-electron chi connectivity index (χ1n) is 7.38. The van der Waals surface area contributed by atoms with Crippen molar-refractivity contribution < 1.29 is 19.1 Å². The van der Waals surface area contributed by atoms with E-state index >= 15 is 0 Å². The maximum atomic E-state index is 12.1. The van der Waals surface area contributed by atoms with Crippen molar-refractivity contribution in [2.45, 2.75) is 13.0 Å². The summed E-state index contributed by atoms with van der Waals surface area (Å²) in [6.07, 6.45) is -0.505. The Morgan fingerprint density at radius 2 is 1.79 bits per heavy atom. The average Bonchev–Trinajstić information content (AvgIpc) is 2.59. The largest absolute Gasteiger partial charge is 0.496 e. The number of carbonyl (C=O) groups excluding carboxylic acids is 2. The van der Waals surface area contributed by atoms with Crippen molar-refractivity contribution in [3.63, 3.8) is 0 Å². The van der Waals surface area contributed by atoms with Gasteiger partial charge in [-0.2, -0.15) is 0 Å². The van der Waals surface area contributed by atoms with E-state index in [0.29, 0.717) is 21.9 Å². The van der Waals surface area contributed by atoms with Crippen molar-refractivity contribution in [2.75, 3.05) is 13.7 Å².